The summed E-state index contributed by atoms with van der Waals surface area (Å²) in [6.07, 6.45) is 1.37. The van der Waals surface area contributed by atoms with Crippen molar-refractivity contribution in [2.75, 3.05) is 16.2 Å². The number of rotatable bonds is 4. The van der Waals surface area contributed by atoms with Crippen LogP contribution in [0.2, 0.25) is 10.0 Å². The number of carbonyl (C=O) groups excluding carboxylic acids is 1. The lowest BCUT2D eigenvalue weighted by atomic mass is 10.0. The number of sulfonamides is 1. The zero-order chi connectivity index (χ0) is 22.2. The van der Waals surface area contributed by atoms with Gasteiger partial charge in [0.1, 0.15) is 5.82 Å². The Kier molecular flexibility index (Phi) is 5.92. The molecule has 0 aliphatic carbocycles. The molecule has 1 aliphatic heterocycles. The number of anilines is 2. The average Bonchev–Trinajstić information content (AvgIpc) is 2.75. The van der Waals surface area contributed by atoms with Gasteiger partial charge in [-0.05, 0) is 73.0 Å². The van der Waals surface area contributed by atoms with E-state index in [4.69, 9.17) is 23.2 Å². The first-order valence-electron chi connectivity index (χ1n) is 9.43. The minimum Gasteiger partial charge on any atom is -0.322 e. The van der Waals surface area contributed by atoms with Crippen LogP contribution in [0.1, 0.15) is 22.3 Å². The summed E-state index contributed by atoms with van der Waals surface area (Å²) >= 11 is 11.9. The summed E-state index contributed by atoms with van der Waals surface area (Å²) in [7, 11) is -3.88. The van der Waals surface area contributed by atoms with Crippen molar-refractivity contribution in [1.82, 2.24) is 0 Å². The molecule has 5 nitrogen and oxygen atoms in total. The summed E-state index contributed by atoms with van der Waals surface area (Å²) in [5.74, 6) is -0.910. The van der Waals surface area contributed by atoms with Crippen molar-refractivity contribution >= 4 is 50.5 Å². The van der Waals surface area contributed by atoms with Gasteiger partial charge in [-0.2, -0.15) is 0 Å². The predicted octanol–water partition coefficient (Wildman–Crippen LogP) is 5.53. The molecule has 160 valence electrons. The molecule has 0 saturated heterocycles. The molecule has 0 unspecified atom stereocenters. The summed E-state index contributed by atoms with van der Waals surface area (Å²) in [4.78, 5) is 12.6. The van der Waals surface area contributed by atoms with Crippen molar-refractivity contribution in [2.45, 2.75) is 17.7 Å². The molecule has 1 aliphatic rings. The second-order valence-electron chi connectivity index (χ2n) is 7.06. The van der Waals surface area contributed by atoms with Crippen LogP contribution in [0.4, 0.5) is 15.8 Å². The third-order valence-corrected chi connectivity index (χ3v) is 7.57. The third kappa shape index (κ3) is 4.39. The molecule has 0 atom stereocenters. The third-order valence-electron chi connectivity index (χ3n) is 5.00. The highest BCUT2D eigenvalue weighted by molar-refractivity contribution is 7.92. The van der Waals surface area contributed by atoms with Gasteiger partial charge in [0.05, 0.1) is 20.6 Å². The molecule has 31 heavy (non-hydrogen) atoms. The number of hydrogen-bond donors (Lipinski definition) is 1. The van der Waals surface area contributed by atoms with Crippen molar-refractivity contribution in [2.24, 2.45) is 0 Å². The first-order valence-corrected chi connectivity index (χ1v) is 11.6. The quantitative estimate of drug-likeness (QED) is 0.536. The highest BCUT2D eigenvalue weighted by Gasteiger charge is 2.29. The van der Waals surface area contributed by atoms with Gasteiger partial charge >= 0.3 is 0 Å². The Morgan fingerprint density at radius 2 is 1.71 bits per heavy atom. The van der Waals surface area contributed by atoms with E-state index >= 15 is 0 Å². The fraction of sp³-hybridized carbons (Fsp3) is 0.136. The maximum absolute atomic E-state index is 13.3. The number of nitrogens with one attached hydrogen (secondary N) is 1. The van der Waals surface area contributed by atoms with Crippen LogP contribution < -0.4 is 9.62 Å². The van der Waals surface area contributed by atoms with Gasteiger partial charge in [0, 0.05) is 17.8 Å². The van der Waals surface area contributed by atoms with E-state index in [0.29, 0.717) is 34.8 Å². The van der Waals surface area contributed by atoms with Crippen LogP contribution in [0.3, 0.4) is 0 Å². The Morgan fingerprint density at radius 3 is 2.42 bits per heavy atom. The van der Waals surface area contributed by atoms with Crippen molar-refractivity contribution in [3.05, 3.63) is 87.7 Å². The number of halogens is 3. The molecule has 4 rings (SSSR count). The lowest BCUT2D eigenvalue weighted by molar-refractivity contribution is 0.102. The lowest BCUT2D eigenvalue weighted by Gasteiger charge is -2.31. The molecule has 3 aromatic rings. The second kappa shape index (κ2) is 8.49. The first kappa shape index (κ1) is 21.6. The second-order valence-corrected chi connectivity index (χ2v) is 9.74. The lowest BCUT2D eigenvalue weighted by Crippen LogP contribution is -2.35. The zero-order valence-electron chi connectivity index (χ0n) is 16.1. The molecule has 1 amide bonds. The molecule has 0 radical (unpaired) electrons. The summed E-state index contributed by atoms with van der Waals surface area (Å²) in [6.45, 7) is 0.289. The van der Waals surface area contributed by atoms with E-state index in [1.54, 1.807) is 24.3 Å². The van der Waals surface area contributed by atoms with Gasteiger partial charge in [0.15, 0.2) is 0 Å². The normalized spacial score (nSPS) is 13.6. The maximum Gasteiger partial charge on any atom is 0.264 e. The van der Waals surface area contributed by atoms with Crippen LogP contribution >= 0.6 is 23.2 Å². The number of nitrogens with zero attached hydrogens (tertiary/aromatic N) is 1. The standard InChI is InChI=1S/C22H17Cl2FN2O3S/c23-19-10-4-15(12-20(19)24)22(28)26-17-7-3-14-2-1-11-27(21(14)13-17)31(29,30)18-8-5-16(25)6-9-18/h3-10,12-13H,1-2,11H2,(H,26,28). The Hall–Kier alpha value is -2.61. The predicted molar refractivity (Wildman–Crippen MR) is 120 cm³/mol. The molecule has 0 fully saturated rings. The van der Waals surface area contributed by atoms with Crippen molar-refractivity contribution in [1.29, 1.82) is 0 Å². The number of benzene rings is 3. The Labute approximate surface area is 189 Å². The molecule has 0 bridgehead atoms. The SMILES string of the molecule is O=C(Nc1ccc2c(c1)N(S(=O)(=O)c1ccc(F)cc1)CCC2)c1ccc(Cl)c(Cl)c1. The van der Waals surface area contributed by atoms with Gasteiger partial charge in [-0.3, -0.25) is 9.10 Å². The van der Waals surface area contributed by atoms with Gasteiger partial charge in [0.25, 0.3) is 15.9 Å². The van der Waals surface area contributed by atoms with E-state index in [9.17, 15) is 17.6 Å². The number of hydrogen-bond acceptors (Lipinski definition) is 3. The molecular formula is C22H17Cl2FN2O3S. The molecule has 0 saturated carbocycles. The van der Waals surface area contributed by atoms with Crippen molar-refractivity contribution in [3.63, 3.8) is 0 Å². The highest BCUT2D eigenvalue weighted by Crippen LogP contribution is 2.34. The summed E-state index contributed by atoms with van der Waals surface area (Å²) in [6, 6.07) is 14.4. The monoisotopic (exact) mass is 478 g/mol. The van der Waals surface area contributed by atoms with Crippen LogP contribution in [0, 0.1) is 5.82 Å². The van der Waals surface area contributed by atoms with Gasteiger partial charge < -0.3 is 5.32 Å². The molecule has 1 N–H and O–H groups in total. The minimum atomic E-state index is -3.88. The topological polar surface area (TPSA) is 66.5 Å². The summed E-state index contributed by atoms with van der Waals surface area (Å²) in [5, 5.41) is 3.36. The fourth-order valence-electron chi connectivity index (χ4n) is 3.44. The molecule has 9 heteroatoms. The summed E-state index contributed by atoms with van der Waals surface area (Å²) < 4.78 is 40.9. The van der Waals surface area contributed by atoms with E-state index in [1.165, 1.54) is 28.6 Å². The van der Waals surface area contributed by atoms with Crippen LogP contribution in [-0.4, -0.2) is 20.9 Å². The number of aryl methyl sites for hydroxylation is 1. The smallest absolute Gasteiger partial charge is 0.264 e. The van der Waals surface area contributed by atoms with Crippen LogP contribution in [0.15, 0.2) is 65.6 Å². The zero-order valence-corrected chi connectivity index (χ0v) is 18.4. The van der Waals surface area contributed by atoms with E-state index in [1.807, 2.05) is 0 Å². The number of carbonyl (C=O) groups is 1. The molecule has 3 aromatic carbocycles. The van der Waals surface area contributed by atoms with Crippen LogP contribution in [-0.2, 0) is 16.4 Å². The maximum atomic E-state index is 13.3. The largest absolute Gasteiger partial charge is 0.322 e. The van der Waals surface area contributed by atoms with E-state index < -0.39 is 21.7 Å². The molecular weight excluding hydrogens is 462 g/mol. The minimum absolute atomic E-state index is 0.00648. The Bertz CT molecular complexity index is 1260. The van der Waals surface area contributed by atoms with Crippen molar-refractivity contribution in [3.8, 4) is 0 Å². The highest BCUT2D eigenvalue weighted by atomic mass is 35.5. The Morgan fingerprint density at radius 1 is 0.968 bits per heavy atom. The molecule has 1 heterocycles. The van der Waals surface area contributed by atoms with E-state index in [2.05, 4.69) is 5.32 Å². The van der Waals surface area contributed by atoms with Gasteiger partial charge in [-0.15, -0.1) is 0 Å². The number of amides is 1. The summed E-state index contributed by atoms with van der Waals surface area (Å²) in [5.41, 5.74) is 2.10. The van der Waals surface area contributed by atoms with Gasteiger partial charge in [-0.1, -0.05) is 29.3 Å². The van der Waals surface area contributed by atoms with E-state index in [-0.39, 0.29) is 16.5 Å². The van der Waals surface area contributed by atoms with Crippen LogP contribution in [0.5, 0.6) is 0 Å². The Balaban J connectivity index is 1.65. The van der Waals surface area contributed by atoms with E-state index in [0.717, 1.165) is 17.7 Å². The molecule has 0 aromatic heterocycles. The van der Waals surface area contributed by atoms with Gasteiger partial charge in [0.2, 0.25) is 0 Å². The van der Waals surface area contributed by atoms with Gasteiger partial charge in [-0.25, -0.2) is 12.8 Å². The first-order chi connectivity index (χ1) is 14.8. The number of fused-ring (bicyclic) bond motifs is 1. The fourth-order valence-corrected chi connectivity index (χ4v) is 5.27. The van der Waals surface area contributed by atoms with Crippen molar-refractivity contribution < 1.29 is 17.6 Å². The molecule has 0 spiro atoms. The average molecular weight is 479 g/mol. The van der Waals surface area contributed by atoms with Crippen LogP contribution in [0.25, 0.3) is 0 Å².